The summed E-state index contributed by atoms with van der Waals surface area (Å²) in [5.41, 5.74) is 2.33. The monoisotopic (exact) mass is 372 g/mol. The Hall–Kier alpha value is -1.69. The van der Waals surface area contributed by atoms with Crippen molar-refractivity contribution in [1.29, 1.82) is 0 Å². The molecular weight excluding hydrogens is 340 g/mol. The minimum Gasteiger partial charge on any atom is -0.341 e. The van der Waals surface area contributed by atoms with Crippen LogP contribution in [0, 0.1) is 0 Å². The van der Waals surface area contributed by atoms with E-state index in [1.807, 2.05) is 11.0 Å². The Bertz CT molecular complexity index is 729. The fourth-order valence-corrected chi connectivity index (χ4v) is 4.85. The molecule has 2 saturated heterocycles. The average molecular weight is 373 g/mol. The Morgan fingerprint density at radius 1 is 0.926 bits per heavy atom. The average Bonchev–Trinajstić information content (AvgIpc) is 3.00. The van der Waals surface area contributed by atoms with Gasteiger partial charge in [0.2, 0.25) is 5.91 Å². The first kappa shape index (κ1) is 18.7. The summed E-state index contributed by atoms with van der Waals surface area (Å²) < 4.78 is 1.70. The molecular formula is C21H32N4O2. The number of hydrogen-bond acceptors (Lipinski definition) is 4. The third-order valence-electron chi connectivity index (χ3n) is 6.49. The zero-order valence-electron chi connectivity index (χ0n) is 16.4. The number of rotatable bonds is 5. The number of hydrogen-bond donors (Lipinski definition) is 0. The molecule has 1 aromatic heterocycles. The van der Waals surface area contributed by atoms with E-state index in [9.17, 15) is 9.59 Å². The largest absolute Gasteiger partial charge is 0.341 e. The van der Waals surface area contributed by atoms with Crippen molar-refractivity contribution < 1.29 is 4.79 Å². The van der Waals surface area contributed by atoms with Crippen molar-refractivity contribution in [3.8, 4) is 0 Å². The molecule has 27 heavy (non-hydrogen) atoms. The molecule has 2 fully saturated rings. The van der Waals surface area contributed by atoms with Gasteiger partial charge in [-0.25, -0.2) is 4.68 Å². The molecule has 1 aliphatic carbocycles. The van der Waals surface area contributed by atoms with Crippen LogP contribution >= 0.6 is 0 Å². The van der Waals surface area contributed by atoms with E-state index >= 15 is 0 Å². The fraction of sp³-hybridized carbons (Fsp3) is 0.762. The molecule has 0 bridgehead atoms. The van der Waals surface area contributed by atoms with Crippen LogP contribution < -0.4 is 5.56 Å². The molecule has 2 aliphatic heterocycles. The number of aryl methyl sites for hydroxylation is 2. The van der Waals surface area contributed by atoms with Gasteiger partial charge in [0.1, 0.15) is 0 Å². The third kappa shape index (κ3) is 4.42. The first-order valence-corrected chi connectivity index (χ1v) is 10.8. The van der Waals surface area contributed by atoms with Gasteiger partial charge in [-0.15, -0.1) is 0 Å². The lowest BCUT2D eigenvalue weighted by Gasteiger charge is -2.28. The van der Waals surface area contributed by atoms with E-state index in [0.717, 1.165) is 76.0 Å². The summed E-state index contributed by atoms with van der Waals surface area (Å²) in [5, 5.41) is 4.70. The molecule has 1 unspecified atom stereocenters. The van der Waals surface area contributed by atoms with Gasteiger partial charge >= 0.3 is 0 Å². The normalized spacial score (nSPS) is 24.1. The van der Waals surface area contributed by atoms with Crippen LogP contribution in [0.4, 0.5) is 0 Å². The van der Waals surface area contributed by atoms with E-state index in [1.165, 1.54) is 19.3 Å². The highest BCUT2D eigenvalue weighted by Crippen LogP contribution is 2.20. The van der Waals surface area contributed by atoms with E-state index in [2.05, 4.69) is 4.90 Å². The molecule has 0 aromatic carbocycles. The van der Waals surface area contributed by atoms with Gasteiger partial charge in [0, 0.05) is 38.2 Å². The summed E-state index contributed by atoms with van der Waals surface area (Å²) in [4.78, 5) is 29.2. The number of aromatic nitrogens is 2. The summed E-state index contributed by atoms with van der Waals surface area (Å²) in [6.07, 6.45) is 10.7. The predicted molar refractivity (Wildman–Crippen MR) is 105 cm³/mol. The van der Waals surface area contributed by atoms with E-state index < -0.39 is 0 Å². The summed E-state index contributed by atoms with van der Waals surface area (Å²) >= 11 is 0. The van der Waals surface area contributed by atoms with Crippen molar-refractivity contribution in [1.82, 2.24) is 19.6 Å². The van der Waals surface area contributed by atoms with Crippen LogP contribution in [0.2, 0.25) is 0 Å². The molecule has 1 amide bonds. The Kier molecular flexibility index (Phi) is 5.91. The van der Waals surface area contributed by atoms with Crippen LogP contribution in [0.15, 0.2) is 10.9 Å². The predicted octanol–water partition coefficient (Wildman–Crippen LogP) is 1.99. The molecule has 1 aromatic rings. The van der Waals surface area contributed by atoms with Crippen LogP contribution in [0.5, 0.6) is 0 Å². The molecule has 1 atom stereocenters. The molecule has 3 aliphatic rings. The van der Waals surface area contributed by atoms with Gasteiger partial charge in [0.05, 0.1) is 12.2 Å². The Balaban J connectivity index is 1.38. The van der Waals surface area contributed by atoms with Crippen molar-refractivity contribution in [2.75, 3.05) is 26.2 Å². The number of fused-ring (bicyclic) bond motifs is 1. The summed E-state index contributed by atoms with van der Waals surface area (Å²) in [6.45, 7) is 4.38. The van der Waals surface area contributed by atoms with E-state index in [1.54, 1.807) is 4.68 Å². The Labute approximate surface area is 161 Å². The van der Waals surface area contributed by atoms with Gasteiger partial charge in [-0.2, -0.15) is 5.10 Å². The maximum Gasteiger partial charge on any atom is 0.267 e. The lowest BCUT2D eigenvalue weighted by Crippen LogP contribution is -2.43. The standard InChI is InChI=1S/C21H32N4O2/c26-20-10-2-1-5-11-24(20)14-13-23-12-6-8-18(23)16-25-21(27)15-17-7-3-4-9-19(17)22-25/h15,18H,1-14,16H2. The smallest absolute Gasteiger partial charge is 0.267 e. The molecule has 148 valence electrons. The van der Waals surface area contributed by atoms with Crippen LogP contribution in [0.1, 0.15) is 62.6 Å². The molecule has 3 heterocycles. The molecule has 0 N–H and O–H groups in total. The first-order chi connectivity index (χ1) is 13.2. The van der Waals surface area contributed by atoms with Crippen LogP contribution in [-0.2, 0) is 24.2 Å². The number of carbonyl (C=O) groups excluding carboxylic acids is 1. The van der Waals surface area contributed by atoms with Crippen molar-refractivity contribution in [3.05, 3.63) is 27.7 Å². The zero-order valence-corrected chi connectivity index (χ0v) is 16.4. The fourth-order valence-electron chi connectivity index (χ4n) is 4.85. The minimum atomic E-state index is 0.0465. The first-order valence-electron chi connectivity index (χ1n) is 10.8. The second kappa shape index (κ2) is 8.55. The summed E-state index contributed by atoms with van der Waals surface area (Å²) in [7, 11) is 0. The van der Waals surface area contributed by atoms with Gasteiger partial charge in [0.15, 0.2) is 0 Å². The maximum absolute atomic E-state index is 12.5. The molecule has 0 spiro atoms. The van der Waals surface area contributed by atoms with Crippen molar-refractivity contribution >= 4 is 5.91 Å². The van der Waals surface area contributed by atoms with E-state index in [-0.39, 0.29) is 5.56 Å². The number of likely N-dealkylation sites (tertiary alicyclic amines) is 2. The summed E-state index contributed by atoms with van der Waals surface area (Å²) in [6, 6.07) is 2.18. The molecule has 0 saturated carbocycles. The number of amides is 1. The van der Waals surface area contributed by atoms with Gasteiger partial charge in [-0.05, 0) is 63.5 Å². The topological polar surface area (TPSA) is 58.4 Å². The highest BCUT2D eigenvalue weighted by atomic mass is 16.2. The third-order valence-corrected chi connectivity index (χ3v) is 6.49. The molecule has 6 nitrogen and oxygen atoms in total. The Morgan fingerprint density at radius 3 is 2.70 bits per heavy atom. The van der Waals surface area contributed by atoms with E-state index in [0.29, 0.717) is 24.9 Å². The molecule has 6 heteroatoms. The summed E-state index contributed by atoms with van der Waals surface area (Å²) in [5.74, 6) is 0.316. The van der Waals surface area contributed by atoms with Gasteiger partial charge in [-0.3, -0.25) is 14.5 Å². The quantitative estimate of drug-likeness (QED) is 0.793. The lowest BCUT2D eigenvalue weighted by molar-refractivity contribution is -0.130. The number of carbonyl (C=O) groups is 1. The Morgan fingerprint density at radius 2 is 1.78 bits per heavy atom. The molecule has 0 radical (unpaired) electrons. The highest BCUT2D eigenvalue weighted by Gasteiger charge is 2.27. The van der Waals surface area contributed by atoms with Crippen LogP contribution in [-0.4, -0.2) is 57.7 Å². The zero-order chi connectivity index (χ0) is 18.6. The van der Waals surface area contributed by atoms with Crippen molar-refractivity contribution in [2.24, 2.45) is 0 Å². The highest BCUT2D eigenvalue weighted by molar-refractivity contribution is 5.76. The van der Waals surface area contributed by atoms with E-state index in [4.69, 9.17) is 5.10 Å². The lowest BCUT2D eigenvalue weighted by atomic mass is 9.97. The second-order valence-corrected chi connectivity index (χ2v) is 8.37. The minimum absolute atomic E-state index is 0.0465. The van der Waals surface area contributed by atoms with Crippen molar-refractivity contribution in [3.63, 3.8) is 0 Å². The van der Waals surface area contributed by atoms with Crippen LogP contribution in [0.3, 0.4) is 0 Å². The van der Waals surface area contributed by atoms with Gasteiger partial charge < -0.3 is 4.90 Å². The maximum atomic E-state index is 12.5. The van der Waals surface area contributed by atoms with Crippen molar-refractivity contribution in [2.45, 2.75) is 76.8 Å². The molecule has 4 rings (SSSR count). The second-order valence-electron chi connectivity index (χ2n) is 8.37. The SMILES string of the molecule is O=C1CCCCCN1CCN1CCCC1Cn1nc2c(cc1=O)CCCC2. The van der Waals surface area contributed by atoms with Crippen LogP contribution in [0.25, 0.3) is 0 Å². The van der Waals surface area contributed by atoms with Gasteiger partial charge in [0.25, 0.3) is 5.56 Å². The number of nitrogens with zero attached hydrogens (tertiary/aromatic N) is 4. The van der Waals surface area contributed by atoms with Gasteiger partial charge in [-0.1, -0.05) is 6.42 Å².